The van der Waals surface area contributed by atoms with E-state index in [1.54, 1.807) is 20.8 Å². The zero-order valence-electron chi connectivity index (χ0n) is 12.8. The summed E-state index contributed by atoms with van der Waals surface area (Å²) < 4.78 is 32.8. The van der Waals surface area contributed by atoms with Crippen molar-refractivity contribution >= 4 is 16.2 Å². The molecular formula is C13H26N2O4S. The van der Waals surface area contributed by atoms with Gasteiger partial charge in [0.25, 0.3) is 10.2 Å². The number of esters is 1. The van der Waals surface area contributed by atoms with Crippen molar-refractivity contribution in [3.05, 3.63) is 0 Å². The number of nitrogens with zero attached hydrogens (tertiary/aromatic N) is 2. The van der Waals surface area contributed by atoms with Gasteiger partial charge in [-0.3, -0.25) is 4.79 Å². The van der Waals surface area contributed by atoms with Gasteiger partial charge in [-0.2, -0.15) is 17.0 Å². The van der Waals surface area contributed by atoms with Crippen molar-refractivity contribution in [1.29, 1.82) is 0 Å². The number of hydrogen-bond acceptors (Lipinski definition) is 4. The second kappa shape index (κ2) is 7.38. The second-order valence-corrected chi connectivity index (χ2v) is 7.41. The molecule has 0 saturated carbocycles. The molecule has 0 bridgehead atoms. The lowest BCUT2D eigenvalue weighted by Crippen LogP contribution is -2.51. The quantitative estimate of drug-likeness (QED) is 0.692. The van der Waals surface area contributed by atoms with Crippen LogP contribution in [0.3, 0.4) is 0 Å². The van der Waals surface area contributed by atoms with E-state index in [9.17, 15) is 13.2 Å². The molecule has 1 rings (SSSR count). The minimum atomic E-state index is -3.59. The Morgan fingerprint density at radius 1 is 1.35 bits per heavy atom. The second-order valence-electron chi connectivity index (χ2n) is 5.53. The predicted molar refractivity (Wildman–Crippen MR) is 77.4 cm³/mol. The predicted octanol–water partition coefficient (Wildman–Crippen LogP) is 1.24. The van der Waals surface area contributed by atoms with Crippen LogP contribution < -0.4 is 0 Å². The molecule has 118 valence electrons. The Hall–Kier alpha value is -0.660. The lowest BCUT2D eigenvalue weighted by atomic mass is 10.0. The fourth-order valence-electron chi connectivity index (χ4n) is 2.23. The fourth-order valence-corrected chi connectivity index (χ4v) is 4.00. The summed E-state index contributed by atoms with van der Waals surface area (Å²) in [5.74, 6) is 0.0501. The number of rotatable bonds is 6. The Bertz CT molecular complexity index is 414. The van der Waals surface area contributed by atoms with Crippen molar-refractivity contribution in [2.45, 2.75) is 46.6 Å². The largest absolute Gasteiger partial charge is 0.465 e. The minimum absolute atomic E-state index is 0.222. The third-order valence-corrected chi connectivity index (χ3v) is 5.69. The SMILES string of the molecule is CCOC(=O)CN(C(C)C)S(=O)(=O)N1CCC(C)CC1. The highest BCUT2D eigenvalue weighted by Gasteiger charge is 2.35. The van der Waals surface area contributed by atoms with E-state index in [-0.39, 0.29) is 19.2 Å². The Morgan fingerprint density at radius 3 is 2.35 bits per heavy atom. The van der Waals surface area contributed by atoms with E-state index in [1.807, 2.05) is 0 Å². The van der Waals surface area contributed by atoms with Crippen LogP contribution >= 0.6 is 0 Å². The molecule has 0 unspecified atom stereocenters. The molecule has 0 amide bonds. The molecular weight excluding hydrogens is 280 g/mol. The van der Waals surface area contributed by atoms with E-state index >= 15 is 0 Å². The molecule has 0 spiro atoms. The molecule has 0 N–H and O–H groups in total. The van der Waals surface area contributed by atoms with Crippen molar-refractivity contribution in [3.8, 4) is 0 Å². The van der Waals surface area contributed by atoms with Gasteiger partial charge < -0.3 is 4.74 Å². The molecule has 0 atom stereocenters. The highest BCUT2D eigenvalue weighted by Crippen LogP contribution is 2.21. The lowest BCUT2D eigenvalue weighted by molar-refractivity contribution is -0.143. The van der Waals surface area contributed by atoms with Gasteiger partial charge >= 0.3 is 5.97 Å². The minimum Gasteiger partial charge on any atom is -0.465 e. The molecule has 1 fully saturated rings. The first-order valence-corrected chi connectivity index (χ1v) is 8.61. The van der Waals surface area contributed by atoms with Gasteiger partial charge in [-0.05, 0) is 39.5 Å². The van der Waals surface area contributed by atoms with E-state index in [1.165, 1.54) is 8.61 Å². The van der Waals surface area contributed by atoms with Crippen molar-refractivity contribution in [2.24, 2.45) is 5.92 Å². The molecule has 0 aliphatic carbocycles. The molecule has 1 heterocycles. The number of piperidine rings is 1. The van der Waals surface area contributed by atoms with E-state index in [0.717, 1.165) is 12.8 Å². The van der Waals surface area contributed by atoms with Crippen LogP contribution in [0.4, 0.5) is 0 Å². The van der Waals surface area contributed by atoms with E-state index in [2.05, 4.69) is 6.92 Å². The Balaban J connectivity index is 2.81. The summed E-state index contributed by atoms with van der Waals surface area (Å²) in [6.45, 7) is 8.45. The van der Waals surface area contributed by atoms with Crippen LogP contribution in [-0.4, -0.2) is 55.3 Å². The maximum atomic E-state index is 12.6. The molecule has 1 saturated heterocycles. The maximum absolute atomic E-state index is 12.6. The summed E-state index contributed by atoms with van der Waals surface area (Å²) in [6.07, 6.45) is 1.73. The zero-order valence-corrected chi connectivity index (χ0v) is 13.6. The number of carbonyl (C=O) groups excluding carboxylic acids is 1. The molecule has 0 aromatic carbocycles. The zero-order chi connectivity index (χ0) is 15.3. The van der Waals surface area contributed by atoms with Crippen LogP contribution in [0.25, 0.3) is 0 Å². The normalized spacial score (nSPS) is 18.7. The van der Waals surface area contributed by atoms with Gasteiger partial charge in [0.1, 0.15) is 6.54 Å². The number of ether oxygens (including phenoxy) is 1. The average molecular weight is 306 g/mol. The van der Waals surface area contributed by atoms with Gasteiger partial charge in [0, 0.05) is 19.1 Å². The average Bonchev–Trinajstić information content (AvgIpc) is 2.36. The van der Waals surface area contributed by atoms with Crippen LogP contribution in [0.15, 0.2) is 0 Å². The van der Waals surface area contributed by atoms with Crippen molar-refractivity contribution in [3.63, 3.8) is 0 Å². The third kappa shape index (κ3) is 4.43. The van der Waals surface area contributed by atoms with Gasteiger partial charge in [0.15, 0.2) is 0 Å². The van der Waals surface area contributed by atoms with Gasteiger partial charge in [0.2, 0.25) is 0 Å². The molecule has 20 heavy (non-hydrogen) atoms. The summed E-state index contributed by atoms with van der Waals surface area (Å²) in [6, 6.07) is -0.274. The maximum Gasteiger partial charge on any atom is 0.321 e. The van der Waals surface area contributed by atoms with Crippen LogP contribution in [0.1, 0.15) is 40.5 Å². The van der Waals surface area contributed by atoms with Gasteiger partial charge in [-0.25, -0.2) is 0 Å². The van der Waals surface area contributed by atoms with Crippen molar-refractivity contribution in [2.75, 3.05) is 26.2 Å². The topological polar surface area (TPSA) is 66.9 Å². The van der Waals surface area contributed by atoms with Gasteiger partial charge in [0.05, 0.1) is 6.61 Å². The number of hydrogen-bond donors (Lipinski definition) is 0. The first-order chi connectivity index (χ1) is 9.28. The molecule has 6 nitrogen and oxygen atoms in total. The monoisotopic (exact) mass is 306 g/mol. The summed E-state index contributed by atoms with van der Waals surface area (Å²) in [5.41, 5.74) is 0. The first-order valence-electron chi connectivity index (χ1n) is 7.21. The van der Waals surface area contributed by atoms with Crippen LogP contribution in [0.2, 0.25) is 0 Å². The molecule has 1 aliphatic rings. The van der Waals surface area contributed by atoms with Gasteiger partial charge in [-0.15, -0.1) is 0 Å². The lowest BCUT2D eigenvalue weighted by Gasteiger charge is -2.35. The third-order valence-electron chi connectivity index (χ3n) is 3.53. The molecule has 7 heteroatoms. The summed E-state index contributed by atoms with van der Waals surface area (Å²) in [7, 11) is -3.59. The smallest absolute Gasteiger partial charge is 0.321 e. The Kier molecular flexibility index (Phi) is 6.42. The van der Waals surface area contributed by atoms with E-state index in [0.29, 0.717) is 19.0 Å². The molecule has 0 aromatic rings. The highest BCUT2D eigenvalue weighted by molar-refractivity contribution is 7.86. The summed E-state index contributed by atoms with van der Waals surface area (Å²) >= 11 is 0. The molecule has 1 aliphatic heterocycles. The first kappa shape index (κ1) is 17.4. The summed E-state index contributed by atoms with van der Waals surface area (Å²) in [4.78, 5) is 11.6. The van der Waals surface area contributed by atoms with E-state index in [4.69, 9.17) is 4.74 Å². The van der Waals surface area contributed by atoms with Gasteiger partial charge in [-0.1, -0.05) is 6.92 Å². The van der Waals surface area contributed by atoms with Crippen molar-refractivity contribution in [1.82, 2.24) is 8.61 Å². The van der Waals surface area contributed by atoms with Crippen molar-refractivity contribution < 1.29 is 17.9 Å². The number of carbonyl (C=O) groups is 1. The molecule has 0 radical (unpaired) electrons. The molecule has 0 aromatic heterocycles. The van der Waals surface area contributed by atoms with E-state index < -0.39 is 16.2 Å². The van der Waals surface area contributed by atoms with Crippen LogP contribution in [0.5, 0.6) is 0 Å². The summed E-state index contributed by atoms with van der Waals surface area (Å²) in [5, 5.41) is 0. The fraction of sp³-hybridized carbons (Fsp3) is 0.923. The Labute approximate surface area is 122 Å². The Morgan fingerprint density at radius 2 is 1.90 bits per heavy atom. The van der Waals surface area contributed by atoms with Crippen LogP contribution in [0, 0.1) is 5.92 Å². The van der Waals surface area contributed by atoms with Crippen LogP contribution in [-0.2, 0) is 19.7 Å². The highest BCUT2D eigenvalue weighted by atomic mass is 32.2. The standard InChI is InChI=1S/C13H26N2O4S/c1-5-19-13(16)10-15(11(2)3)20(17,18)14-8-6-12(4)7-9-14/h11-12H,5-10H2,1-4H3.